The smallest absolute Gasteiger partial charge is 0.320 e. The van der Waals surface area contributed by atoms with Gasteiger partial charge in [-0.3, -0.25) is 4.79 Å². The Kier molecular flexibility index (Phi) is 3.09. The monoisotopic (exact) mass is 171 g/mol. The first-order chi connectivity index (χ1) is 5.61. The van der Waals surface area contributed by atoms with Crippen LogP contribution in [0.25, 0.3) is 0 Å². The molecule has 3 nitrogen and oxygen atoms in total. The van der Waals surface area contributed by atoms with Gasteiger partial charge in [-0.15, -0.1) is 0 Å². The highest BCUT2D eigenvalue weighted by Crippen LogP contribution is 2.29. The molecule has 0 radical (unpaired) electrons. The Hall–Kier alpha value is -0.570. The molecule has 70 valence electrons. The minimum atomic E-state index is -0.852. The third-order valence-corrected chi connectivity index (χ3v) is 2.85. The van der Waals surface area contributed by atoms with Crippen molar-refractivity contribution in [2.75, 3.05) is 0 Å². The summed E-state index contributed by atoms with van der Waals surface area (Å²) in [7, 11) is 0. The number of hydrogen-bond donors (Lipinski definition) is 2. The lowest BCUT2D eigenvalue weighted by Gasteiger charge is -2.28. The predicted molar refractivity (Wildman–Crippen MR) is 46.7 cm³/mol. The summed E-state index contributed by atoms with van der Waals surface area (Å²) in [4.78, 5) is 10.6. The van der Waals surface area contributed by atoms with E-state index in [4.69, 9.17) is 10.8 Å². The van der Waals surface area contributed by atoms with E-state index in [-0.39, 0.29) is 5.92 Å². The average molecular weight is 171 g/mol. The van der Waals surface area contributed by atoms with Gasteiger partial charge in [-0.05, 0) is 24.7 Å². The van der Waals surface area contributed by atoms with E-state index in [1.807, 2.05) is 0 Å². The molecule has 0 spiro atoms. The van der Waals surface area contributed by atoms with Crippen molar-refractivity contribution in [1.82, 2.24) is 0 Å². The molecular formula is C9H17NO2. The molecule has 0 aromatic heterocycles. The molecule has 1 rings (SSSR count). The Morgan fingerprint density at radius 2 is 1.92 bits per heavy atom. The molecule has 1 atom stereocenters. The van der Waals surface area contributed by atoms with Crippen molar-refractivity contribution < 1.29 is 9.90 Å². The van der Waals surface area contributed by atoms with Crippen LogP contribution < -0.4 is 5.73 Å². The molecule has 1 aliphatic rings. The fourth-order valence-electron chi connectivity index (χ4n) is 1.85. The maximum absolute atomic E-state index is 10.6. The summed E-state index contributed by atoms with van der Waals surface area (Å²) < 4.78 is 0. The third-order valence-electron chi connectivity index (χ3n) is 2.85. The summed E-state index contributed by atoms with van der Waals surface area (Å²) in [5.74, 6) is 0.107. The Balaban J connectivity index is 2.39. The van der Waals surface area contributed by atoms with Gasteiger partial charge in [0.1, 0.15) is 6.04 Å². The molecule has 0 bridgehead atoms. The normalized spacial score (nSPS) is 32.8. The van der Waals surface area contributed by atoms with E-state index in [1.165, 1.54) is 0 Å². The molecule has 0 aliphatic heterocycles. The minimum absolute atomic E-state index is 0.207. The van der Waals surface area contributed by atoms with Gasteiger partial charge in [0, 0.05) is 0 Å². The Morgan fingerprint density at radius 3 is 2.33 bits per heavy atom. The Labute approximate surface area is 72.9 Å². The quantitative estimate of drug-likeness (QED) is 0.656. The van der Waals surface area contributed by atoms with Gasteiger partial charge in [0.2, 0.25) is 0 Å². The van der Waals surface area contributed by atoms with Gasteiger partial charge < -0.3 is 10.8 Å². The van der Waals surface area contributed by atoms with E-state index in [2.05, 4.69) is 6.92 Å². The molecule has 1 aliphatic carbocycles. The van der Waals surface area contributed by atoms with E-state index in [0.29, 0.717) is 0 Å². The van der Waals surface area contributed by atoms with Crippen molar-refractivity contribution >= 4 is 5.97 Å². The molecule has 1 saturated carbocycles. The maximum atomic E-state index is 10.6. The van der Waals surface area contributed by atoms with Gasteiger partial charge in [0.25, 0.3) is 0 Å². The largest absolute Gasteiger partial charge is 0.480 e. The highest BCUT2D eigenvalue weighted by Gasteiger charge is 2.27. The second kappa shape index (κ2) is 3.90. The maximum Gasteiger partial charge on any atom is 0.320 e. The van der Waals surface area contributed by atoms with E-state index in [0.717, 1.165) is 31.6 Å². The molecule has 12 heavy (non-hydrogen) atoms. The van der Waals surface area contributed by atoms with Gasteiger partial charge in [0.05, 0.1) is 0 Å². The molecule has 0 aromatic carbocycles. The summed E-state index contributed by atoms with van der Waals surface area (Å²) in [6, 6.07) is -0.641. The van der Waals surface area contributed by atoms with Crippen LogP contribution in [0.2, 0.25) is 0 Å². The molecular weight excluding hydrogens is 154 g/mol. The highest BCUT2D eigenvalue weighted by atomic mass is 16.4. The van der Waals surface area contributed by atoms with Crippen molar-refractivity contribution in [3.8, 4) is 0 Å². The Bertz CT molecular complexity index is 162. The zero-order chi connectivity index (χ0) is 9.14. The number of carbonyl (C=O) groups is 1. The van der Waals surface area contributed by atoms with Gasteiger partial charge >= 0.3 is 5.97 Å². The van der Waals surface area contributed by atoms with Gasteiger partial charge in [0.15, 0.2) is 0 Å². The zero-order valence-corrected chi connectivity index (χ0v) is 7.49. The predicted octanol–water partition coefficient (Wildman–Crippen LogP) is 1.22. The molecule has 0 aromatic rings. The number of aliphatic carboxylic acids is 1. The van der Waals surface area contributed by atoms with E-state index >= 15 is 0 Å². The van der Waals surface area contributed by atoms with Crippen LogP contribution in [0.1, 0.15) is 32.6 Å². The number of rotatable bonds is 2. The Morgan fingerprint density at radius 1 is 1.42 bits per heavy atom. The average Bonchev–Trinajstić information content (AvgIpc) is 2.04. The first kappa shape index (κ1) is 9.52. The summed E-state index contributed by atoms with van der Waals surface area (Å²) in [5.41, 5.74) is 5.54. The second-order valence-electron chi connectivity index (χ2n) is 3.88. The fourth-order valence-corrected chi connectivity index (χ4v) is 1.85. The van der Waals surface area contributed by atoms with E-state index in [9.17, 15) is 4.79 Å². The first-order valence-electron chi connectivity index (χ1n) is 4.59. The van der Waals surface area contributed by atoms with Crippen LogP contribution in [-0.4, -0.2) is 17.1 Å². The van der Waals surface area contributed by atoms with Crippen LogP contribution in [0.5, 0.6) is 0 Å². The van der Waals surface area contributed by atoms with Crippen LogP contribution in [-0.2, 0) is 4.79 Å². The van der Waals surface area contributed by atoms with Crippen LogP contribution in [0.3, 0.4) is 0 Å². The molecule has 0 saturated heterocycles. The number of nitrogens with two attached hydrogens (primary N) is 1. The van der Waals surface area contributed by atoms with Crippen molar-refractivity contribution in [3.05, 3.63) is 0 Å². The molecule has 3 heteroatoms. The molecule has 0 unspecified atom stereocenters. The molecule has 0 heterocycles. The van der Waals surface area contributed by atoms with E-state index < -0.39 is 12.0 Å². The molecule has 0 amide bonds. The molecule has 1 fully saturated rings. The number of hydrogen-bond acceptors (Lipinski definition) is 2. The number of carboxylic acid groups (broad SMARTS) is 1. The number of carboxylic acids is 1. The van der Waals surface area contributed by atoms with Gasteiger partial charge in [-0.1, -0.05) is 19.8 Å². The zero-order valence-electron chi connectivity index (χ0n) is 7.49. The second-order valence-corrected chi connectivity index (χ2v) is 3.88. The van der Waals surface area contributed by atoms with E-state index in [1.54, 1.807) is 0 Å². The van der Waals surface area contributed by atoms with Crippen molar-refractivity contribution in [3.63, 3.8) is 0 Å². The van der Waals surface area contributed by atoms with Crippen molar-refractivity contribution in [2.24, 2.45) is 17.6 Å². The third kappa shape index (κ3) is 2.21. The van der Waals surface area contributed by atoms with Crippen LogP contribution in [0.15, 0.2) is 0 Å². The van der Waals surface area contributed by atoms with Crippen LogP contribution in [0, 0.1) is 11.8 Å². The van der Waals surface area contributed by atoms with Crippen molar-refractivity contribution in [2.45, 2.75) is 38.6 Å². The van der Waals surface area contributed by atoms with Crippen LogP contribution in [0.4, 0.5) is 0 Å². The SMILES string of the molecule is CC1CCC([C@H](N)C(=O)O)CC1. The lowest BCUT2D eigenvalue weighted by Crippen LogP contribution is -2.39. The van der Waals surface area contributed by atoms with Crippen molar-refractivity contribution in [1.29, 1.82) is 0 Å². The summed E-state index contributed by atoms with van der Waals surface area (Å²) >= 11 is 0. The minimum Gasteiger partial charge on any atom is -0.480 e. The fraction of sp³-hybridized carbons (Fsp3) is 0.889. The lowest BCUT2D eigenvalue weighted by atomic mass is 9.79. The standard InChI is InChI=1S/C9H17NO2/c1-6-2-4-7(5-3-6)8(10)9(11)12/h6-8H,2-5,10H2,1H3,(H,11,12)/t6?,7?,8-/m0/s1. The van der Waals surface area contributed by atoms with Gasteiger partial charge in [-0.2, -0.15) is 0 Å². The summed E-state index contributed by atoms with van der Waals surface area (Å²) in [5, 5.41) is 8.68. The molecule has 3 N–H and O–H groups in total. The highest BCUT2D eigenvalue weighted by molar-refractivity contribution is 5.73. The first-order valence-corrected chi connectivity index (χ1v) is 4.59. The topological polar surface area (TPSA) is 63.3 Å². The van der Waals surface area contributed by atoms with Crippen LogP contribution >= 0.6 is 0 Å². The summed E-state index contributed by atoms with van der Waals surface area (Å²) in [6.45, 7) is 2.21. The lowest BCUT2D eigenvalue weighted by molar-refractivity contribution is -0.140. The van der Waals surface area contributed by atoms with Gasteiger partial charge in [-0.25, -0.2) is 0 Å². The summed E-state index contributed by atoms with van der Waals surface area (Å²) in [6.07, 6.45) is 4.22.